The van der Waals surface area contributed by atoms with Gasteiger partial charge in [0.2, 0.25) is 0 Å². The van der Waals surface area contributed by atoms with Gasteiger partial charge in [-0.05, 0) is 42.3 Å². The Balaban J connectivity index is 0.00000147. The lowest BCUT2D eigenvalue weighted by Gasteiger charge is -2.23. The van der Waals surface area contributed by atoms with Crippen LogP contribution >= 0.6 is 46.6 Å². The molecule has 1 N–H and O–H groups in total. The van der Waals surface area contributed by atoms with E-state index in [-0.39, 0.29) is 16.0 Å². The first-order valence-corrected chi connectivity index (χ1v) is 7.82. The molecular formula is C16H16Cl2IN. The van der Waals surface area contributed by atoms with Crippen LogP contribution in [0.3, 0.4) is 0 Å². The first-order valence-electron chi connectivity index (χ1n) is 6.37. The van der Waals surface area contributed by atoms with Gasteiger partial charge in [-0.3, -0.25) is 0 Å². The molecule has 0 bridgehead atoms. The fourth-order valence-corrected chi connectivity index (χ4v) is 4.05. The summed E-state index contributed by atoms with van der Waals surface area (Å²) in [5.74, 6) is 0.416. The maximum absolute atomic E-state index is 6.14. The van der Waals surface area contributed by atoms with Gasteiger partial charge in [0.25, 0.3) is 0 Å². The smallest absolute Gasteiger partial charge is 0.0969 e. The van der Waals surface area contributed by atoms with Crippen LogP contribution in [0, 0.1) is 0 Å². The first-order chi connectivity index (χ1) is 9.14. The minimum absolute atomic E-state index is 0. The highest BCUT2D eigenvalue weighted by Gasteiger charge is 2.41. The molecule has 2 aromatic carbocycles. The number of hydrogen-bond donors (Lipinski definition) is 1. The SMILES string of the molecule is CNC1(I)CC(c2cccc(Cl)c2)c2ccccc21.Cl. The highest BCUT2D eigenvalue weighted by Crippen LogP contribution is 2.51. The lowest BCUT2D eigenvalue weighted by Crippen LogP contribution is -2.30. The van der Waals surface area contributed by atoms with E-state index in [9.17, 15) is 0 Å². The molecule has 1 nitrogen and oxygen atoms in total. The monoisotopic (exact) mass is 419 g/mol. The topological polar surface area (TPSA) is 12.0 Å². The van der Waals surface area contributed by atoms with E-state index in [1.807, 2.05) is 19.2 Å². The molecule has 0 radical (unpaired) electrons. The molecule has 2 aromatic rings. The Labute approximate surface area is 144 Å². The zero-order chi connectivity index (χ0) is 13.5. The summed E-state index contributed by atoms with van der Waals surface area (Å²) in [5.41, 5.74) is 4.10. The number of halogens is 3. The van der Waals surface area contributed by atoms with E-state index in [1.165, 1.54) is 16.7 Å². The molecule has 0 aromatic heterocycles. The third-order valence-electron chi connectivity index (χ3n) is 3.90. The average Bonchev–Trinajstić information content (AvgIpc) is 2.74. The van der Waals surface area contributed by atoms with Crippen molar-refractivity contribution in [1.82, 2.24) is 5.32 Å². The largest absolute Gasteiger partial charge is 0.302 e. The van der Waals surface area contributed by atoms with Crippen molar-refractivity contribution in [1.29, 1.82) is 0 Å². The Morgan fingerprint density at radius 3 is 2.65 bits per heavy atom. The standard InChI is InChI=1S/C16H15ClIN.ClH/c1-19-16(18)10-14(11-5-4-6-12(17)9-11)13-7-2-3-8-15(13)16;/h2-9,14,19H,10H2,1H3;1H. The number of fused-ring (bicyclic) bond motifs is 1. The van der Waals surface area contributed by atoms with Crippen LogP contribution in [-0.2, 0) is 3.55 Å². The second kappa shape index (κ2) is 6.22. The summed E-state index contributed by atoms with van der Waals surface area (Å²) in [4.78, 5) is 0. The lowest BCUT2D eigenvalue weighted by atomic mass is 9.93. The van der Waals surface area contributed by atoms with Crippen LogP contribution in [0.15, 0.2) is 48.5 Å². The zero-order valence-corrected chi connectivity index (χ0v) is 14.8. The Hall–Kier alpha value is -0.290. The highest BCUT2D eigenvalue weighted by molar-refractivity contribution is 14.1. The second-order valence-electron chi connectivity index (χ2n) is 4.95. The molecule has 0 amide bonds. The van der Waals surface area contributed by atoms with E-state index in [4.69, 9.17) is 11.6 Å². The summed E-state index contributed by atoms with van der Waals surface area (Å²) in [6.07, 6.45) is 1.06. The molecule has 106 valence electrons. The van der Waals surface area contributed by atoms with Crippen molar-refractivity contribution in [3.63, 3.8) is 0 Å². The zero-order valence-electron chi connectivity index (χ0n) is 11.1. The Kier molecular flexibility index (Phi) is 5.00. The van der Waals surface area contributed by atoms with Gasteiger partial charge in [0.05, 0.1) is 3.55 Å². The Bertz CT molecular complexity index is 617. The maximum atomic E-state index is 6.14. The van der Waals surface area contributed by atoms with Crippen LogP contribution < -0.4 is 5.32 Å². The predicted molar refractivity (Wildman–Crippen MR) is 96.4 cm³/mol. The molecule has 0 fully saturated rings. The fraction of sp³-hybridized carbons (Fsp3) is 0.250. The third kappa shape index (κ3) is 2.71. The number of hydrogen-bond acceptors (Lipinski definition) is 1. The quantitative estimate of drug-likeness (QED) is 0.405. The van der Waals surface area contributed by atoms with E-state index in [1.54, 1.807) is 0 Å². The maximum Gasteiger partial charge on any atom is 0.0969 e. The van der Waals surface area contributed by atoms with Gasteiger partial charge in [-0.25, -0.2) is 0 Å². The minimum atomic E-state index is 0. The molecular weight excluding hydrogens is 404 g/mol. The van der Waals surface area contributed by atoms with E-state index in [0.717, 1.165) is 11.4 Å². The van der Waals surface area contributed by atoms with Gasteiger partial charge >= 0.3 is 0 Å². The van der Waals surface area contributed by atoms with Crippen molar-refractivity contribution in [3.8, 4) is 0 Å². The van der Waals surface area contributed by atoms with Crippen LogP contribution in [0.4, 0.5) is 0 Å². The molecule has 0 saturated carbocycles. The summed E-state index contributed by atoms with van der Waals surface area (Å²) in [6, 6.07) is 16.9. The summed E-state index contributed by atoms with van der Waals surface area (Å²) in [7, 11) is 2.03. The molecule has 3 rings (SSSR count). The Morgan fingerprint density at radius 1 is 1.20 bits per heavy atom. The van der Waals surface area contributed by atoms with Crippen LogP contribution in [0.25, 0.3) is 0 Å². The molecule has 0 aliphatic heterocycles. The van der Waals surface area contributed by atoms with Crippen molar-refractivity contribution in [2.24, 2.45) is 0 Å². The van der Waals surface area contributed by atoms with Crippen molar-refractivity contribution in [2.45, 2.75) is 15.9 Å². The van der Waals surface area contributed by atoms with Gasteiger partial charge < -0.3 is 5.32 Å². The molecule has 0 saturated heterocycles. The molecule has 0 heterocycles. The van der Waals surface area contributed by atoms with Crippen molar-refractivity contribution in [2.75, 3.05) is 7.05 Å². The van der Waals surface area contributed by atoms with Gasteiger partial charge in [-0.15, -0.1) is 12.4 Å². The number of rotatable bonds is 2. The van der Waals surface area contributed by atoms with Gasteiger partial charge in [-0.1, -0.05) is 70.6 Å². The normalized spacial score (nSPS) is 24.1. The molecule has 0 spiro atoms. The summed E-state index contributed by atoms with van der Waals surface area (Å²) >= 11 is 8.67. The van der Waals surface area contributed by atoms with Gasteiger partial charge in [0, 0.05) is 10.9 Å². The van der Waals surface area contributed by atoms with Crippen LogP contribution in [-0.4, -0.2) is 7.05 Å². The summed E-state index contributed by atoms with van der Waals surface area (Å²) in [6.45, 7) is 0. The van der Waals surface area contributed by atoms with Crippen molar-refractivity contribution < 1.29 is 0 Å². The third-order valence-corrected chi connectivity index (χ3v) is 5.69. The van der Waals surface area contributed by atoms with E-state index >= 15 is 0 Å². The molecule has 1 aliphatic rings. The van der Waals surface area contributed by atoms with Gasteiger partial charge in [0.15, 0.2) is 0 Å². The molecule has 20 heavy (non-hydrogen) atoms. The number of benzene rings is 2. The average molecular weight is 420 g/mol. The summed E-state index contributed by atoms with van der Waals surface area (Å²) < 4.78 is 0.0152. The lowest BCUT2D eigenvalue weighted by molar-refractivity contribution is 0.538. The van der Waals surface area contributed by atoms with Crippen molar-refractivity contribution in [3.05, 3.63) is 70.2 Å². The summed E-state index contributed by atoms with van der Waals surface area (Å²) in [5, 5.41) is 4.28. The predicted octanol–water partition coefficient (Wildman–Crippen LogP) is 5.10. The fourth-order valence-electron chi connectivity index (χ4n) is 2.92. The highest BCUT2D eigenvalue weighted by atomic mass is 127. The first kappa shape index (κ1) is 16.1. The molecule has 4 heteroatoms. The molecule has 1 aliphatic carbocycles. The molecule has 2 atom stereocenters. The van der Waals surface area contributed by atoms with Crippen LogP contribution in [0.2, 0.25) is 5.02 Å². The van der Waals surface area contributed by atoms with Gasteiger partial charge in [-0.2, -0.15) is 0 Å². The Morgan fingerprint density at radius 2 is 1.95 bits per heavy atom. The van der Waals surface area contributed by atoms with Crippen LogP contribution in [0.5, 0.6) is 0 Å². The van der Waals surface area contributed by atoms with E-state index in [2.05, 4.69) is 64.3 Å². The molecule has 2 unspecified atom stereocenters. The number of nitrogens with one attached hydrogen (secondary N) is 1. The minimum Gasteiger partial charge on any atom is -0.302 e. The number of alkyl halides is 1. The van der Waals surface area contributed by atoms with E-state index in [0.29, 0.717) is 5.92 Å². The van der Waals surface area contributed by atoms with Crippen LogP contribution in [0.1, 0.15) is 29.0 Å². The van der Waals surface area contributed by atoms with E-state index < -0.39 is 0 Å². The van der Waals surface area contributed by atoms with Crippen molar-refractivity contribution >= 4 is 46.6 Å². The second-order valence-corrected chi connectivity index (χ2v) is 7.23. The van der Waals surface area contributed by atoms with Gasteiger partial charge in [0.1, 0.15) is 0 Å².